The van der Waals surface area contributed by atoms with Crippen molar-refractivity contribution < 1.29 is 22.3 Å². The summed E-state index contributed by atoms with van der Waals surface area (Å²) in [7, 11) is 0.0973. The Hall–Kier alpha value is -2.33. The molecule has 0 aromatic heterocycles. The predicted molar refractivity (Wildman–Crippen MR) is 125 cm³/mol. The van der Waals surface area contributed by atoms with E-state index in [1.165, 1.54) is 22.5 Å². The molecule has 2 aromatic carbocycles. The predicted octanol–water partition coefficient (Wildman–Crippen LogP) is 2.61. The number of nitrogens with zero attached hydrogens (tertiary/aromatic N) is 3. The van der Waals surface area contributed by atoms with Crippen molar-refractivity contribution in [3.05, 3.63) is 65.0 Å². The number of sulfonamides is 1. The fourth-order valence-corrected chi connectivity index (χ4v) is 5.44. The summed E-state index contributed by atoms with van der Waals surface area (Å²) < 4.78 is 46.7. The second-order valence-electron chi connectivity index (χ2n) is 8.35. The van der Waals surface area contributed by atoms with Gasteiger partial charge in [-0.05, 0) is 55.9 Å². The van der Waals surface area contributed by atoms with E-state index in [-0.39, 0.29) is 16.6 Å². The monoisotopic (exact) mass is 477 g/mol. The van der Waals surface area contributed by atoms with Crippen LogP contribution in [-0.4, -0.2) is 81.9 Å². The maximum Gasteiger partial charge on any atom is 0.254 e. The zero-order valence-corrected chi connectivity index (χ0v) is 20.3. The van der Waals surface area contributed by atoms with Crippen molar-refractivity contribution in [2.24, 2.45) is 0 Å². The molecule has 9 heteroatoms. The van der Waals surface area contributed by atoms with Crippen molar-refractivity contribution in [2.45, 2.75) is 24.8 Å². The van der Waals surface area contributed by atoms with E-state index in [1.807, 2.05) is 25.9 Å². The number of aryl methyl sites for hydroxylation is 1. The number of halogens is 1. The fraction of sp³-hybridized carbons (Fsp3) is 0.458. The highest BCUT2D eigenvalue weighted by Crippen LogP contribution is 2.24. The molecule has 0 saturated carbocycles. The average Bonchev–Trinajstić information content (AvgIpc) is 2.82. The minimum Gasteiger partial charge on any atom is -0.379 e. The number of benzene rings is 2. The number of ether oxygens (including phenoxy) is 1. The largest absolute Gasteiger partial charge is 0.379 e. The Morgan fingerprint density at radius 2 is 1.73 bits per heavy atom. The van der Waals surface area contributed by atoms with Crippen LogP contribution in [0.5, 0.6) is 0 Å². The molecule has 1 aliphatic heterocycles. The first kappa shape index (κ1) is 25.3. The molecule has 0 aliphatic carbocycles. The Balaban J connectivity index is 1.93. The van der Waals surface area contributed by atoms with Gasteiger partial charge in [-0.3, -0.25) is 4.79 Å². The number of hydrogen-bond donors (Lipinski definition) is 0. The molecule has 0 N–H and O–H groups in total. The van der Waals surface area contributed by atoms with Crippen molar-refractivity contribution in [3.8, 4) is 0 Å². The third-order valence-electron chi connectivity index (χ3n) is 5.67. The van der Waals surface area contributed by atoms with Crippen LogP contribution in [0.3, 0.4) is 0 Å². The number of hydrogen-bond acceptors (Lipinski definition) is 5. The molecule has 180 valence electrons. The Bertz CT molecular complexity index is 1050. The summed E-state index contributed by atoms with van der Waals surface area (Å²) in [5, 5.41) is 0. The van der Waals surface area contributed by atoms with Crippen LogP contribution in [-0.2, 0) is 27.7 Å². The SMILES string of the molecule is CCc1ccc(C(=O)N(CCN(C)C)Cc2ccc(F)cc2)cc1S(=O)(=O)N1CCOCC1. The molecule has 2 aromatic rings. The molecule has 33 heavy (non-hydrogen) atoms. The number of carbonyl (C=O) groups excluding carboxylic acids is 1. The Morgan fingerprint density at radius 1 is 1.06 bits per heavy atom. The lowest BCUT2D eigenvalue weighted by Gasteiger charge is -2.28. The van der Waals surface area contributed by atoms with Crippen molar-refractivity contribution in [2.75, 3.05) is 53.5 Å². The molecule has 0 atom stereocenters. The third-order valence-corrected chi connectivity index (χ3v) is 7.65. The minimum absolute atomic E-state index is 0.173. The van der Waals surface area contributed by atoms with Crippen LogP contribution in [0.1, 0.15) is 28.4 Å². The van der Waals surface area contributed by atoms with Gasteiger partial charge in [-0.15, -0.1) is 0 Å². The number of likely N-dealkylation sites (N-methyl/N-ethyl adjacent to an activating group) is 1. The van der Waals surface area contributed by atoms with E-state index < -0.39 is 10.0 Å². The fourth-order valence-electron chi connectivity index (χ4n) is 3.71. The summed E-state index contributed by atoms with van der Waals surface area (Å²) >= 11 is 0. The molecule has 0 bridgehead atoms. The number of rotatable bonds is 9. The zero-order valence-electron chi connectivity index (χ0n) is 19.5. The van der Waals surface area contributed by atoms with E-state index in [9.17, 15) is 17.6 Å². The first-order chi connectivity index (χ1) is 15.7. The molecule has 1 amide bonds. The molecule has 1 fully saturated rings. The summed E-state index contributed by atoms with van der Waals surface area (Å²) in [6.07, 6.45) is 0.535. The van der Waals surface area contributed by atoms with Gasteiger partial charge >= 0.3 is 0 Å². The second kappa shape index (κ2) is 11.2. The van der Waals surface area contributed by atoms with Crippen molar-refractivity contribution in [3.63, 3.8) is 0 Å². The molecular formula is C24H32FN3O4S. The summed E-state index contributed by atoms with van der Waals surface area (Å²) in [6, 6.07) is 11.0. The second-order valence-corrected chi connectivity index (χ2v) is 10.3. The zero-order chi connectivity index (χ0) is 24.0. The van der Waals surface area contributed by atoms with E-state index in [4.69, 9.17) is 4.74 Å². The van der Waals surface area contributed by atoms with Gasteiger partial charge in [0.2, 0.25) is 10.0 Å². The van der Waals surface area contributed by atoms with Gasteiger partial charge in [0.25, 0.3) is 5.91 Å². The maximum atomic E-state index is 13.5. The van der Waals surface area contributed by atoms with Gasteiger partial charge in [0, 0.05) is 38.3 Å². The average molecular weight is 478 g/mol. The molecular weight excluding hydrogens is 445 g/mol. The molecule has 1 aliphatic rings. The number of carbonyl (C=O) groups is 1. The van der Waals surface area contributed by atoms with Gasteiger partial charge in [-0.1, -0.05) is 25.1 Å². The minimum atomic E-state index is -3.74. The Kier molecular flexibility index (Phi) is 8.58. The van der Waals surface area contributed by atoms with Gasteiger partial charge in [-0.2, -0.15) is 4.31 Å². The number of morpholine rings is 1. The summed E-state index contributed by atoms with van der Waals surface area (Å²) in [5.41, 5.74) is 1.80. The van der Waals surface area contributed by atoms with Crippen LogP contribution >= 0.6 is 0 Å². The lowest BCUT2D eigenvalue weighted by molar-refractivity contribution is 0.0726. The van der Waals surface area contributed by atoms with Gasteiger partial charge < -0.3 is 14.5 Å². The van der Waals surface area contributed by atoms with Crippen molar-refractivity contribution in [1.29, 1.82) is 0 Å². The van der Waals surface area contributed by atoms with Crippen molar-refractivity contribution in [1.82, 2.24) is 14.1 Å². The van der Waals surface area contributed by atoms with Crippen LogP contribution in [0.2, 0.25) is 0 Å². The van der Waals surface area contributed by atoms with E-state index in [1.54, 1.807) is 29.2 Å². The van der Waals surface area contributed by atoms with Gasteiger partial charge in [0.1, 0.15) is 5.82 Å². The van der Waals surface area contributed by atoms with Gasteiger partial charge in [0.05, 0.1) is 18.1 Å². The maximum absolute atomic E-state index is 13.5. The molecule has 7 nitrogen and oxygen atoms in total. The number of amides is 1. The molecule has 0 radical (unpaired) electrons. The molecule has 1 saturated heterocycles. The standard InChI is InChI=1S/C24H32FN3O4S/c1-4-20-7-8-21(17-23(20)33(30,31)28-13-15-32-16-14-28)24(29)27(12-11-26(2)3)18-19-5-9-22(25)10-6-19/h5-10,17H,4,11-16,18H2,1-3H3. The topological polar surface area (TPSA) is 70.2 Å². The third kappa shape index (κ3) is 6.38. The summed E-state index contributed by atoms with van der Waals surface area (Å²) in [4.78, 5) is 17.3. The highest BCUT2D eigenvalue weighted by molar-refractivity contribution is 7.89. The first-order valence-corrected chi connectivity index (χ1v) is 12.6. The van der Waals surface area contributed by atoms with Gasteiger partial charge in [-0.25, -0.2) is 12.8 Å². The van der Waals surface area contributed by atoms with Crippen LogP contribution < -0.4 is 0 Å². The van der Waals surface area contributed by atoms with Crippen LogP contribution in [0.15, 0.2) is 47.4 Å². The van der Waals surface area contributed by atoms with Crippen LogP contribution in [0.25, 0.3) is 0 Å². The molecule has 3 rings (SSSR count). The van der Waals surface area contributed by atoms with E-state index >= 15 is 0 Å². The van der Waals surface area contributed by atoms with Crippen LogP contribution in [0.4, 0.5) is 4.39 Å². The van der Waals surface area contributed by atoms with Crippen molar-refractivity contribution >= 4 is 15.9 Å². The van der Waals surface area contributed by atoms with E-state index in [0.717, 1.165) is 5.56 Å². The molecule has 1 heterocycles. The van der Waals surface area contributed by atoms with Crippen LogP contribution in [0, 0.1) is 5.82 Å². The quantitative estimate of drug-likeness (QED) is 0.555. The Morgan fingerprint density at radius 3 is 2.33 bits per heavy atom. The molecule has 0 spiro atoms. The Labute approximate surface area is 195 Å². The summed E-state index contributed by atoms with van der Waals surface area (Å²) in [5.74, 6) is -0.597. The van der Waals surface area contributed by atoms with E-state index in [2.05, 4.69) is 0 Å². The lowest BCUT2D eigenvalue weighted by atomic mass is 10.1. The van der Waals surface area contributed by atoms with E-state index in [0.29, 0.717) is 63.5 Å². The first-order valence-electron chi connectivity index (χ1n) is 11.1. The smallest absolute Gasteiger partial charge is 0.254 e. The molecule has 0 unspecified atom stereocenters. The van der Waals surface area contributed by atoms with Gasteiger partial charge in [0.15, 0.2) is 0 Å². The highest BCUT2D eigenvalue weighted by Gasteiger charge is 2.29. The normalized spacial score (nSPS) is 15.1. The highest BCUT2D eigenvalue weighted by atomic mass is 32.2. The lowest BCUT2D eigenvalue weighted by Crippen LogP contribution is -2.41. The summed E-state index contributed by atoms with van der Waals surface area (Å²) in [6.45, 7) is 4.58.